The number of carbonyl (C=O) groups is 1. The zero-order valence-electron chi connectivity index (χ0n) is 10.1. The summed E-state index contributed by atoms with van der Waals surface area (Å²) in [4.78, 5) is 14.9. The first-order valence-electron chi connectivity index (χ1n) is 5.74. The fourth-order valence-electron chi connectivity index (χ4n) is 1.57. The number of hydrogen-bond acceptors (Lipinski definition) is 2. The predicted octanol–water partition coefficient (Wildman–Crippen LogP) is 3.72. The summed E-state index contributed by atoms with van der Waals surface area (Å²) in [5.41, 5.74) is 2.50. The van der Waals surface area contributed by atoms with Crippen LogP contribution in [0.3, 0.4) is 0 Å². The number of aliphatic imine (C=N–C) groups is 1. The third-order valence-corrected chi connectivity index (χ3v) is 2.78. The highest BCUT2D eigenvalue weighted by Crippen LogP contribution is 2.14. The quantitative estimate of drug-likeness (QED) is 0.863. The second-order valence-electron chi connectivity index (χ2n) is 4.05. The van der Waals surface area contributed by atoms with E-state index < -0.39 is 5.97 Å². The Balaban J connectivity index is 2.06. The van der Waals surface area contributed by atoms with Crippen molar-refractivity contribution in [2.75, 3.05) is 0 Å². The van der Waals surface area contributed by atoms with Crippen molar-refractivity contribution in [3.63, 3.8) is 0 Å². The highest BCUT2D eigenvalue weighted by Gasteiger charge is 1.99. The standard InChI is InChI=1S/C15H12ClNO2/c16-13-5-1-12(2-6-13)10-17-14-7-3-11(4-8-14)9-15(18)19/h1-8,10H,9H2,(H,18,19). The summed E-state index contributed by atoms with van der Waals surface area (Å²) in [7, 11) is 0. The number of hydrogen-bond donors (Lipinski definition) is 1. The van der Waals surface area contributed by atoms with Gasteiger partial charge in [-0.3, -0.25) is 9.79 Å². The molecule has 0 amide bonds. The molecule has 0 unspecified atom stereocenters. The molecular weight excluding hydrogens is 262 g/mol. The summed E-state index contributed by atoms with van der Waals surface area (Å²) >= 11 is 5.80. The van der Waals surface area contributed by atoms with Gasteiger partial charge in [-0.05, 0) is 35.4 Å². The van der Waals surface area contributed by atoms with E-state index in [0.717, 1.165) is 16.8 Å². The molecule has 0 radical (unpaired) electrons. The topological polar surface area (TPSA) is 49.7 Å². The molecule has 0 bridgehead atoms. The normalized spacial score (nSPS) is 10.8. The molecule has 1 N–H and O–H groups in total. The number of carboxylic acid groups (broad SMARTS) is 1. The Labute approximate surface area is 116 Å². The van der Waals surface area contributed by atoms with Crippen LogP contribution in [0.4, 0.5) is 5.69 Å². The van der Waals surface area contributed by atoms with E-state index in [-0.39, 0.29) is 6.42 Å². The van der Waals surface area contributed by atoms with Gasteiger partial charge < -0.3 is 5.11 Å². The van der Waals surface area contributed by atoms with E-state index in [0.29, 0.717) is 5.02 Å². The summed E-state index contributed by atoms with van der Waals surface area (Å²) in [6.45, 7) is 0. The van der Waals surface area contributed by atoms with E-state index in [1.807, 2.05) is 12.1 Å². The van der Waals surface area contributed by atoms with Crippen LogP contribution in [0, 0.1) is 0 Å². The van der Waals surface area contributed by atoms with Crippen molar-refractivity contribution in [3.05, 3.63) is 64.7 Å². The average Bonchev–Trinajstić information content (AvgIpc) is 2.39. The fourth-order valence-corrected chi connectivity index (χ4v) is 1.70. The first-order valence-corrected chi connectivity index (χ1v) is 6.11. The average molecular weight is 274 g/mol. The number of nitrogens with zero attached hydrogens (tertiary/aromatic N) is 1. The number of carboxylic acids is 1. The maximum absolute atomic E-state index is 10.6. The van der Waals surface area contributed by atoms with Crippen molar-refractivity contribution >= 4 is 29.5 Å². The molecule has 2 aromatic rings. The Kier molecular flexibility index (Phi) is 4.31. The monoisotopic (exact) mass is 273 g/mol. The molecule has 96 valence electrons. The number of halogens is 1. The van der Waals surface area contributed by atoms with E-state index in [4.69, 9.17) is 16.7 Å². The largest absolute Gasteiger partial charge is 0.481 e. The van der Waals surface area contributed by atoms with Gasteiger partial charge in [0.15, 0.2) is 0 Å². The summed E-state index contributed by atoms with van der Waals surface area (Å²) < 4.78 is 0. The van der Waals surface area contributed by atoms with Crippen LogP contribution < -0.4 is 0 Å². The predicted molar refractivity (Wildman–Crippen MR) is 76.5 cm³/mol. The van der Waals surface area contributed by atoms with Gasteiger partial charge >= 0.3 is 5.97 Å². The van der Waals surface area contributed by atoms with Crippen molar-refractivity contribution in [2.24, 2.45) is 4.99 Å². The van der Waals surface area contributed by atoms with Crippen molar-refractivity contribution in [2.45, 2.75) is 6.42 Å². The molecule has 0 saturated heterocycles. The first-order chi connectivity index (χ1) is 9.13. The molecule has 0 spiro atoms. The third kappa shape index (κ3) is 4.23. The lowest BCUT2D eigenvalue weighted by Gasteiger charge is -1.98. The highest BCUT2D eigenvalue weighted by atomic mass is 35.5. The van der Waals surface area contributed by atoms with Gasteiger partial charge in [-0.2, -0.15) is 0 Å². The minimum absolute atomic E-state index is 0.0289. The van der Waals surface area contributed by atoms with Crippen LogP contribution in [0.25, 0.3) is 0 Å². The number of rotatable bonds is 4. The van der Waals surface area contributed by atoms with Crippen LogP contribution in [0.1, 0.15) is 11.1 Å². The maximum atomic E-state index is 10.6. The zero-order valence-corrected chi connectivity index (χ0v) is 10.8. The van der Waals surface area contributed by atoms with Crippen molar-refractivity contribution in [3.8, 4) is 0 Å². The molecule has 0 aliphatic carbocycles. The van der Waals surface area contributed by atoms with Gasteiger partial charge in [0.1, 0.15) is 0 Å². The van der Waals surface area contributed by atoms with Gasteiger partial charge in [0, 0.05) is 11.2 Å². The lowest BCUT2D eigenvalue weighted by molar-refractivity contribution is -0.136. The van der Waals surface area contributed by atoms with Gasteiger partial charge in [-0.25, -0.2) is 0 Å². The SMILES string of the molecule is O=C(O)Cc1ccc(N=Cc2ccc(Cl)cc2)cc1. The second kappa shape index (κ2) is 6.16. The van der Waals surface area contributed by atoms with E-state index in [2.05, 4.69) is 4.99 Å². The lowest BCUT2D eigenvalue weighted by Crippen LogP contribution is -1.99. The van der Waals surface area contributed by atoms with Crippen molar-refractivity contribution in [1.29, 1.82) is 0 Å². The van der Waals surface area contributed by atoms with Crippen LogP contribution in [0.2, 0.25) is 5.02 Å². The molecule has 0 aliphatic heterocycles. The summed E-state index contributed by atoms with van der Waals surface area (Å²) in [5.74, 6) is -0.836. The first kappa shape index (κ1) is 13.3. The van der Waals surface area contributed by atoms with E-state index in [1.54, 1.807) is 42.6 Å². The summed E-state index contributed by atoms with van der Waals surface area (Å²) in [5, 5.41) is 9.36. The lowest BCUT2D eigenvalue weighted by atomic mass is 10.1. The summed E-state index contributed by atoms with van der Waals surface area (Å²) in [6, 6.07) is 14.5. The highest BCUT2D eigenvalue weighted by molar-refractivity contribution is 6.30. The molecule has 0 saturated carbocycles. The van der Waals surface area contributed by atoms with Crippen LogP contribution in [-0.2, 0) is 11.2 Å². The molecule has 0 heterocycles. The van der Waals surface area contributed by atoms with Crippen LogP contribution in [0.15, 0.2) is 53.5 Å². The number of aliphatic carboxylic acids is 1. The van der Waals surface area contributed by atoms with Gasteiger partial charge in [0.05, 0.1) is 12.1 Å². The van der Waals surface area contributed by atoms with Crippen LogP contribution in [-0.4, -0.2) is 17.3 Å². The summed E-state index contributed by atoms with van der Waals surface area (Å²) in [6.07, 6.45) is 1.77. The van der Waals surface area contributed by atoms with E-state index in [1.165, 1.54) is 0 Å². The van der Waals surface area contributed by atoms with Gasteiger partial charge in [-0.15, -0.1) is 0 Å². The zero-order chi connectivity index (χ0) is 13.7. The molecule has 0 aromatic heterocycles. The maximum Gasteiger partial charge on any atom is 0.307 e. The molecule has 3 nitrogen and oxygen atoms in total. The fraction of sp³-hybridized carbons (Fsp3) is 0.0667. The molecule has 0 atom stereocenters. The number of benzene rings is 2. The van der Waals surface area contributed by atoms with Crippen LogP contribution in [0.5, 0.6) is 0 Å². The smallest absolute Gasteiger partial charge is 0.307 e. The van der Waals surface area contributed by atoms with Crippen molar-refractivity contribution in [1.82, 2.24) is 0 Å². The Morgan fingerprint density at radius 2 is 1.74 bits per heavy atom. The Morgan fingerprint density at radius 3 is 2.32 bits per heavy atom. The molecular formula is C15H12ClNO2. The second-order valence-corrected chi connectivity index (χ2v) is 4.48. The van der Waals surface area contributed by atoms with Crippen LogP contribution >= 0.6 is 11.6 Å². The van der Waals surface area contributed by atoms with Gasteiger partial charge in [0.25, 0.3) is 0 Å². The minimum Gasteiger partial charge on any atom is -0.481 e. The molecule has 0 fully saturated rings. The Morgan fingerprint density at radius 1 is 1.11 bits per heavy atom. The molecule has 19 heavy (non-hydrogen) atoms. The molecule has 4 heteroatoms. The van der Waals surface area contributed by atoms with Gasteiger partial charge in [-0.1, -0.05) is 35.9 Å². The molecule has 2 aromatic carbocycles. The Hall–Kier alpha value is -2.13. The van der Waals surface area contributed by atoms with E-state index in [9.17, 15) is 4.79 Å². The minimum atomic E-state index is -0.836. The van der Waals surface area contributed by atoms with Crippen molar-refractivity contribution < 1.29 is 9.90 Å². The third-order valence-electron chi connectivity index (χ3n) is 2.52. The van der Waals surface area contributed by atoms with Gasteiger partial charge in [0.2, 0.25) is 0 Å². The molecule has 0 aliphatic rings. The molecule has 2 rings (SSSR count). The van der Waals surface area contributed by atoms with E-state index >= 15 is 0 Å². The Bertz CT molecular complexity index is 589.